The summed E-state index contributed by atoms with van der Waals surface area (Å²) in [5, 5.41) is 12.2. The average Bonchev–Trinajstić information content (AvgIpc) is 3.25. The van der Waals surface area contributed by atoms with E-state index in [1.165, 1.54) is 0 Å². The second-order valence-corrected chi connectivity index (χ2v) is 6.09. The fraction of sp³-hybridized carbons (Fsp3) is 0.500. The van der Waals surface area contributed by atoms with Crippen LogP contribution in [0.4, 0.5) is 0 Å². The number of ether oxygens (including phenoxy) is 3. The lowest BCUT2D eigenvalue weighted by molar-refractivity contribution is -0.147. The number of carbonyl (C=O) groups is 2. The van der Waals surface area contributed by atoms with Gasteiger partial charge in [-0.1, -0.05) is 6.07 Å². The third-order valence-electron chi connectivity index (χ3n) is 4.76. The van der Waals surface area contributed by atoms with Crippen molar-refractivity contribution in [1.82, 2.24) is 5.32 Å². The Morgan fingerprint density at radius 1 is 1.13 bits per heavy atom. The number of benzene rings is 1. The molecule has 0 aliphatic carbocycles. The smallest absolute Gasteiger partial charge is 0.310 e. The summed E-state index contributed by atoms with van der Waals surface area (Å²) in [4.78, 5) is 23.9. The number of amides is 1. The molecule has 2 N–H and O–H groups in total. The standard InChI is InChI=1S/C16H17NO6/c18-15(13-10-3-4-11(23-10)14(13)16(19)20)17-6-8-1-2-9-12(5-8)22-7-21-9/h1-2,5,10-11,13-14H,3-4,6-7H2,(H,17,18)(H,19,20)/t10-,11+,13-,14+/m1/s1. The predicted octanol–water partition coefficient (Wildman–Crippen LogP) is 0.910. The van der Waals surface area contributed by atoms with E-state index < -0.39 is 17.8 Å². The third kappa shape index (κ3) is 2.41. The second-order valence-electron chi connectivity index (χ2n) is 6.09. The molecule has 3 heterocycles. The van der Waals surface area contributed by atoms with Crippen molar-refractivity contribution >= 4 is 11.9 Å². The average molecular weight is 319 g/mol. The molecular weight excluding hydrogens is 302 g/mol. The summed E-state index contributed by atoms with van der Waals surface area (Å²) < 4.78 is 16.2. The van der Waals surface area contributed by atoms with Crippen LogP contribution in [-0.4, -0.2) is 36.0 Å². The minimum absolute atomic E-state index is 0.202. The summed E-state index contributed by atoms with van der Waals surface area (Å²) >= 11 is 0. The minimum Gasteiger partial charge on any atom is -0.481 e. The first-order chi connectivity index (χ1) is 11.1. The molecule has 7 nitrogen and oxygen atoms in total. The quantitative estimate of drug-likeness (QED) is 0.857. The van der Waals surface area contributed by atoms with Gasteiger partial charge < -0.3 is 24.6 Å². The van der Waals surface area contributed by atoms with E-state index in [0.29, 0.717) is 24.5 Å². The van der Waals surface area contributed by atoms with Crippen LogP contribution in [0.15, 0.2) is 18.2 Å². The summed E-state index contributed by atoms with van der Waals surface area (Å²) in [6.45, 7) is 0.517. The van der Waals surface area contributed by atoms with Gasteiger partial charge in [-0.3, -0.25) is 9.59 Å². The Morgan fingerprint density at radius 3 is 2.65 bits per heavy atom. The number of fused-ring (bicyclic) bond motifs is 3. The number of rotatable bonds is 4. The molecule has 0 aromatic heterocycles. The lowest BCUT2D eigenvalue weighted by Crippen LogP contribution is -2.43. The number of carboxylic acid groups (broad SMARTS) is 1. The highest BCUT2D eigenvalue weighted by molar-refractivity contribution is 5.86. The maximum absolute atomic E-state index is 12.4. The fourth-order valence-electron chi connectivity index (χ4n) is 3.68. The van der Waals surface area contributed by atoms with Crippen LogP contribution in [0.5, 0.6) is 11.5 Å². The molecule has 0 spiro atoms. The molecule has 2 fully saturated rings. The van der Waals surface area contributed by atoms with Crippen LogP contribution in [0.2, 0.25) is 0 Å². The van der Waals surface area contributed by atoms with Gasteiger partial charge in [0, 0.05) is 6.54 Å². The molecule has 1 amide bonds. The van der Waals surface area contributed by atoms with Crippen molar-refractivity contribution in [2.75, 3.05) is 6.79 Å². The zero-order valence-corrected chi connectivity index (χ0v) is 12.4. The van der Waals surface area contributed by atoms with E-state index in [9.17, 15) is 14.7 Å². The Hall–Kier alpha value is -2.28. The molecule has 122 valence electrons. The zero-order chi connectivity index (χ0) is 16.0. The van der Waals surface area contributed by atoms with Crippen LogP contribution >= 0.6 is 0 Å². The lowest BCUT2D eigenvalue weighted by Gasteiger charge is -2.23. The zero-order valence-electron chi connectivity index (χ0n) is 12.4. The van der Waals surface area contributed by atoms with Crippen LogP contribution in [0.3, 0.4) is 0 Å². The maximum Gasteiger partial charge on any atom is 0.310 e. The molecule has 2 bridgehead atoms. The van der Waals surface area contributed by atoms with Gasteiger partial charge in [0.15, 0.2) is 11.5 Å². The highest BCUT2D eigenvalue weighted by atomic mass is 16.7. The lowest BCUT2D eigenvalue weighted by atomic mass is 9.78. The molecule has 2 saturated heterocycles. The molecule has 0 saturated carbocycles. The van der Waals surface area contributed by atoms with Gasteiger partial charge in [0.2, 0.25) is 12.7 Å². The monoisotopic (exact) mass is 319 g/mol. The van der Waals surface area contributed by atoms with E-state index in [2.05, 4.69) is 5.32 Å². The van der Waals surface area contributed by atoms with Gasteiger partial charge in [-0.2, -0.15) is 0 Å². The van der Waals surface area contributed by atoms with Gasteiger partial charge in [0.1, 0.15) is 0 Å². The Morgan fingerprint density at radius 2 is 1.87 bits per heavy atom. The molecule has 1 aromatic carbocycles. The number of nitrogens with one attached hydrogen (secondary N) is 1. The number of hydrogen-bond donors (Lipinski definition) is 2. The normalized spacial score (nSPS) is 30.4. The maximum atomic E-state index is 12.4. The molecule has 3 aliphatic rings. The van der Waals surface area contributed by atoms with E-state index in [-0.39, 0.29) is 24.9 Å². The van der Waals surface area contributed by atoms with Gasteiger partial charge in [0.05, 0.1) is 24.0 Å². The third-order valence-corrected chi connectivity index (χ3v) is 4.76. The van der Waals surface area contributed by atoms with Crippen molar-refractivity contribution < 1.29 is 28.9 Å². The van der Waals surface area contributed by atoms with Crippen molar-refractivity contribution in [3.05, 3.63) is 23.8 Å². The Kier molecular flexibility index (Phi) is 3.37. The molecule has 4 rings (SSSR count). The highest BCUT2D eigenvalue weighted by Gasteiger charge is 2.55. The van der Waals surface area contributed by atoms with Crippen LogP contribution in [0.25, 0.3) is 0 Å². The Labute approximate surface area is 132 Å². The fourth-order valence-corrected chi connectivity index (χ4v) is 3.68. The number of carbonyl (C=O) groups excluding carboxylic acids is 1. The van der Waals surface area contributed by atoms with Gasteiger partial charge in [-0.25, -0.2) is 0 Å². The first kappa shape index (κ1) is 14.3. The molecule has 7 heteroatoms. The number of aliphatic carboxylic acids is 1. The van der Waals surface area contributed by atoms with E-state index in [0.717, 1.165) is 12.0 Å². The van der Waals surface area contributed by atoms with Crippen LogP contribution < -0.4 is 14.8 Å². The first-order valence-electron chi connectivity index (χ1n) is 7.68. The van der Waals surface area contributed by atoms with Crippen LogP contribution in [0.1, 0.15) is 18.4 Å². The van der Waals surface area contributed by atoms with Crippen LogP contribution in [-0.2, 0) is 20.9 Å². The molecule has 1 aromatic rings. The largest absolute Gasteiger partial charge is 0.481 e. The molecular formula is C16H17NO6. The number of hydrogen-bond acceptors (Lipinski definition) is 5. The summed E-state index contributed by atoms with van der Waals surface area (Å²) in [5.41, 5.74) is 0.874. The Bertz CT molecular complexity index is 660. The van der Waals surface area contributed by atoms with E-state index in [1.54, 1.807) is 6.07 Å². The van der Waals surface area contributed by atoms with Crippen molar-refractivity contribution in [2.24, 2.45) is 11.8 Å². The molecule has 23 heavy (non-hydrogen) atoms. The van der Waals surface area contributed by atoms with Gasteiger partial charge in [0.25, 0.3) is 0 Å². The summed E-state index contributed by atoms with van der Waals surface area (Å²) in [7, 11) is 0. The van der Waals surface area contributed by atoms with Crippen molar-refractivity contribution in [3.63, 3.8) is 0 Å². The van der Waals surface area contributed by atoms with E-state index in [4.69, 9.17) is 14.2 Å². The molecule has 0 unspecified atom stereocenters. The second kappa shape index (κ2) is 5.42. The summed E-state index contributed by atoms with van der Waals surface area (Å²) in [5.74, 6) is -1.23. The predicted molar refractivity (Wildman–Crippen MR) is 76.9 cm³/mol. The topological polar surface area (TPSA) is 94.1 Å². The van der Waals surface area contributed by atoms with Gasteiger partial charge in [-0.15, -0.1) is 0 Å². The minimum atomic E-state index is -0.958. The van der Waals surface area contributed by atoms with Crippen molar-refractivity contribution in [3.8, 4) is 11.5 Å². The molecule has 4 atom stereocenters. The van der Waals surface area contributed by atoms with Crippen molar-refractivity contribution in [2.45, 2.75) is 31.6 Å². The van der Waals surface area contributed by atoms with Crippen LogP contribution in [0, 0.1) is 11.8 Å². The first-order valence-corrected chi connectivity index (χ1v) is 7.68. The van der Waals surface area contributed by atoms with Gasteiger partial charge in [-0.05, 0) is 30.5 Å². The Balaban J connectivity index is 1.43. The summed E-state index contributed by atoms with van der Waals surface area (Å²) in [6.07, 6.45) is 0.848. The molecule has 3 aliphatic heterocycles. The SMILES string of the molecule is O=C(O)[C@@H]1[C@H](C(=O)NCc2ccc3c(c2)OCO3)[C@H]2CC[C@@H]1O2. The number of carboxylic acids is 1. The van der Waals surface area contributed by atoms with E-state index in [1.807, 2.05) is 12.1 Å². The van der Waals surface area contributed by atoms with Gasteiger partial charge >= 0.3 is 5.97 Å². The summed E-state index contributed by atoms with van der Waals surface area (Å²) in [6, 6.07) is 5.46. The van der Waals surface area contributed by atoms with E-state index >= 15 is 0 Å². The van der Waals surface area contributed by atoms with Crippen molar-refractivity contribution in [1.29, 1.82) is 0 Å². The molecule has 0 radical (unpaired) electrons. The highest BCUT2D eigenvalue weighted by Crippen LogP contribution is 2.43.